The van der Waals surface area contributed by atoms with Crippen molar-refractivity contribution in [3.8, 4) is 0 Å². The summed E-state index contributed by atoms with van der Waals surface area (Å²) in [5.74, 6) is 4.19. The van der Waals surface area contributed by atoms with Crippen molar-refractivity contribution < 1.29 is 0 Å². The molecule has 3 heteroatoms. The molecule has 4 saturated carbocycles. The summed E-state index contributed by atoms with van der Waals surface area (Å²) in [7, 11) is 0. The van der Waals surface area contributed by atoms with Crippen LogP contribution in [0.4, 0.5) is 5.69 Å². The van der Waals surface area contributed by atoms with Crippen molar-refractivity contribution in [2.45, 2.75) is 38.0 Å². The molecule has 96 valence electrons. The van der Waals surface area contributed by atoms with Crippen molar-refractivity contribution in [1.82, 2.24) is 4.98 Å². The highest BCUT2D eigenvalue weighted by atomic mass is 35.5. The van der Waals surface area contributed by atoms with Crippen molar-refractivity contribution in [3.05, 3.63) is 23.0 Å². The summed E-state index contributed by atoms with van der Waals surface area (Å²) < 4.78 is 0. The van der Waals surface area contributed by atoms with Crippen LogP contribution in [-0.4, -0.2) is 4.98 Å². The van der Waals surface area contributed by atoms with Gasteiger partial charge in [-0.15, -0.1) is 0 Å². The second-order valence-electron chi connectivity index (χ2n) is 6.56. The molecule has 4 fully saturated rings. The van der Waals surface area contributed by atoms with Gasteiger partial charge >= 0.3 is 0 Å². The van der Waals surface area contributed by atoms with Crippen LogP contribution in [0.25, 0.3) is 0 Å². The fourth-order valence-electron chi connectivity index (χ4n) is 5.10. The van der Waals surface area contributed by atoms with E-state index in [0.717, 1.165) is 35.1 Å². The molecule has 1 heterocycles. The molecule has 0 saturated heterocycles. The van der Waals surface area contributed by atoms with Gasteiger partial charge in [0.05, 0.1) is 11.4 Å². The summed E-state index contributed by atoms with van der Waals surface area (Å²) in [5, 5.41) is 0.591. The van der Waals surface area contributed by atoms with Gasteiger partial charge in [-0.2, -0.15) is 0 Å². The fraction of sp³-hybridized carbons (Fsp3) is 0.667. The van der Waals surface area contributed by atoms with Crippen molar-refractivity contribution >= 4 is 17.3 Å². The zero-order chi connectivity index (χ0) is 12.3. The normalized spacial score (nSPS) is 41.3. The number of nitrogens with zero attached hydrogens (tertiary/aromatic N) is 1. The van der Waals surface area contributed by atoms with Gasteiger partial charge in [0.25, 0.3) is 0 Å². The molecule has 4 aliphatic rings. The number of halogens is 1. The molecule has 0 unspecified atom stereocenters. The summed E-state index contributed by atoms with van der Waals surface area (Å²) in [6, 6.07) is 3.73. The highest BCUT2D eigenvalue weighted by Crippen LogP contribution is 2.60. The molecule has 2 nitrogen and oxygen atoms in total. The van der Waals surface area contributed by atoms with E-state index in [9.17, 15) is 0 Å². The molecule has 0 radical (unpaired) electrons. The van der Waals surface area contributed by atoms with Crippen molar-refractivity contribution in [3.63, 3.8) is 0 Å². The predicted octanol–water partition coefficient (Wildman–Crippen LogP) is 3.86. The van der Waals surface area contributed by atoms with Gasteiger partial charge in [-0.25, -0.2) is 4.98 Å². The van der Waals surface area contributed by atoms with Crippen LogP contribution >= 0.6 is 11.6 Å². The summed E-state index contributed by atoms with van der Waals surface area (Å²) in [4.78, 5) is 4.56. The second kappa shape index (κ2) is 3.86. The van der Waals surface area contributed by atoms with Gasteiger partial charge in [-0.1, -0.05) is 11.6 Å². The number of pyridine rings is 1. The number of hydrogen-bond acceptors (Lipinski definition) is 2. The molecule has 0 atom stereocenters. The first kappa shape index (κ1) is 11.1. The molecule has 18 heavy (non-hydrogen) atoms. The van der Waals surface area contributed by atoms with Crippen LogP contribution in [0.15, 0.2) is 12.1 Å². The highest BCUT2D eigenvalue weighted by molar-refractivity contribution is 6.29. The van der Waals surface area contributed by atoms with Crippen molar-refractivity contribution in [2.24, 2.45) is 23.7 Å². The average molecular weight is 263 g/mol. The third-order valence-corrected chi connectivity index (χ3v) is 5.68. The lowest BCUT2D eigenvalue weighted by Gasteiger charge is -2.54. The Morgan fingerprint density at radius 1 is 1.00 bits per heavy atom. The first-order valence-electron chi connectivity index (χ1n) is 7.12. The minimum atomic E-state index is 0.580. The molecule has 0 spiro atoms. The quantitative estimate of drug-likeness (QED) is 0.781. The first-order valence-corrected chi connectivity index (χ1v) is 7.50. The molecule has 4 bridgehead atoms. The van der Waals surface area contributed by atoms with Gasteiger partial charge in [0.2, 0.25) is 0 Å². The first-order chi connectivity index (χ1) is 8.70. The minimum Gasteiger partial charge on any atom is -0.397 e. The van der Waals surface area contributed by atoms with E-state index in [1.54, 1.807) is 6.07 Å². The van der Waals surface area contributed by atoms with Crippen LogP contribution in [0.1, 0.15) is 43.7 Å². The van der Waals surface area contributed by atoms with Crippen LogP contribution in [0.5, 0.6) is 0 Å². The predicted molar refractivity (Wildman–Crippen MR) is 73.4 cm³/mol. The summed E-state index contributed by atoms with van der Waals surface area (Å²) in [5.41, 5.74) is 8.09. The summed E-state index contributed by atoms with van der Waals surface area (Å²) in [6.45, 7) is 0. The number of nitrogen functional groups attached to an aromatic ring is 1. The van der Waals surface area contributed by atoms with E-state index in [0.29, 0.717) is 11.1 Å². The van der Waals surface area contributed by atoms with Gasteiger partial charge < -0.3 is 5.73 Å². The summed E-state index contributed by atoms with van der Waals surface area (Å²) in [6.07, 6.45) is 7.06. The zero-order valence-electron chi connectivity index (χ0n) is 10.5. The lowest BCUT2D eigenvalue weighted by molar-refractivity contribution is -0.00388. The third-order valence-electron chi connectivity index (χ3n) is 5.47. The van der Waals surface area contributed by atoms with Gasteiger partial charge in [0.1, 0.15) is 5.15 Å². The van der Waals surface area contributed by atoms with E-state index in [1.165, 1.54) is 32.1 Å². The second-order valence-corrected chi connectivity index (χ2v) is 6.95. The van der Waals surface area contributed by atoms with E-state index in [2.05, 4.69) is 4.98 Å². The third kappa shape index (κ3) is 1.58. The van der Waals surface area contributed by atoms with Crippen molar-refractivity contribution in [1.29, 1.82) is 0 Å². The smallest absolute Gasteiger partial charge is 0.129 e. The molecule has 0 amide bonds. The van der Waals surface area contributed by atoms with Crippen LogP contribution in [0.3, 0.4) is 0 Å². The van der Waals surface area contributed by atoms with Gasteiger partial charge in [-0.05, 0) is 67.9 Å². The standard InChI is InChI=1S/C15H19ClN2/c16-13-2-1-12(17)15(18-13)14-10-4-8-3-9(6-10)7-11(14)5-8/h1-2,8-11,14H,3-7,17H2. The van der Waals surface area contributed by atoms with E-state index in [-0.39, 0.29) is 0 Å². The largest absolute Gasteiger partial charge is 0.397 e. The molecular weight excluding hydrogens is 244 g/mol. The van der Waals surface area contributed by atoms with E-state index < -0.39 is 0 Å². The Morgan fingerprint density at radius 3 is 2.22 bits per heavy atom. The summed E-state index contributed by atoms with van der Waals surface area (Å²) >= 11 is 6.06. The molecule has 2 N–H and O–H groups in total. The Balaban J connectivity index is 1.74. The molecule has 1 aromatic rings. The number of anilines is 1. The van der Waals surface area contributed by atoms with Crippen LogP contribution in [-0.2, 0) is 0 Å². The monoisotopic (exact) mass is 262 g/mol. The van der Waals surface area contributed by atoms with E-state index >= 15 is 0 Å². The zero-order valence-corrected chi connectivity index (χ0v) is 11.2. The maximum atomic E-state index is 6.15. The van der Waals surface area contributed by atoms with E-state index in [1.807, 2.05) is 6.07 Å². The van der Waals surface area contributed by atoms with Crippen LogP contribution < -0.4 is 5.73 Å². The lowest BCUT2D eigenvalue weighted by Crippen LogP contribution is -2.44. The molecule has 4 aliphatic carbocycles. The molecular formula is C15H19ClN2. The molecule has 0 aromatic carbocycles. The fourth-order valence-corrected chi connectivity index (χ4v) is 5.25. The maximum Gasteiger partial charge on any atom is 0.129 e. The minimum absolute atomic E-state index is 0.580. The SMILES string of the molecule is Nc1ccc(Cl)nc1C1C2CC3CC(C2)CC1C3. The Kier molecular flexibility index (Phi) is 2.38. The molecule has 1 aromatic heterocycles. The van der Waals surface area contributed by atoms with Crippen molar-refractivity contribution in [2.75, 3.05) is 5.73 Å². The number of nitrogens with two attached hydrogens (primary N) is 1. The van der Waals surface area contributed by atoms with Crippen LogP contribution in [0.2, 0.25) is 5.15 Å². The Hall–Kier alpha value is -0.760. The number of hydrogen-bond donors (Lipinski definition) is 1. The number of aromatic nitrogens is 1. The Morgan fingerprint density at radius 2 is 1.61 bits per heavy atom. The topological polar surface area (TPSA) is 38.9 Å². The maximum absolute atomic E-state index is 6.15. The number of rotatable bonds is 1. The lowest BCUT2D eigenvalue weighted by atomic mass is 9.51. The van der Waals surface area contributed by atoms with Gasteiger partial charge in [0.15, 0.2) is 0 Å². The van der Waals surface area contributed by atoms with E-state index in [4.69, 9.17) is 17.3 Å². The average Bonchev–Trinajstić information content (AvgIpc) is 2.32. The Bertz CT molecular complexity index is 457. The Labute approximate surface area is 113 Å². The van der Waals surface area contributed by atoms with Crippen LogP contribution in [0, 0.1) is 23.7 Å². The van der Waals surface area contributed by atoms with Gasteiger partial charge in [0, 0.05) is 5.92 Å². The molecule has 0 aliphatic heterocycles. The van der Waals surface area contributed by atoms with Gasteiger partial charge in [-0.3, -0.25) is 0 Å². The highest BCUT2D eigenvalue weighted by Gasteiger charge is 2.49. The molecule has 5 rings (SSSR count).